The fourth-order valence-electron chi connectivity index (χ4n) is 1.57. The summed E-state index contributed by atoms with van der Waals surface area (Å²) in [5, 5.41) is 13.6. The van der Waals surface area contributed by atoms with E-state index in [1.54, 1.807) is 6.07 Å². The van der Waals surface area contributed by atoms with Gasteiger partial charge in [-0.25, -0.2) is 9.89 Å². The van der Waals surface area contributed by atoms with E-state index in [1.807, 2.05) is 13.1 Å². The SMILES string of the molecule is CNC(C)C(C)c1ccc2n[nH]c(=O)n2n1. The molecule has 0 amide bonds. The minimum Gasteiger partial charge on any atom is -0.317 e. The van der Waals surface area contributed by atoms with Crippen molar-refractivity contribution in [2.75, 3.05) is 7.05 Å². The van der Waals surface area contributed by atoms with Crippen LogP contribution in [0.5, 0.6) is 0 Å². The van der Waals surface area contributed by atoms with Crippen molar-refractivity contribution in [1.82, 2.24) is 25.1 Å². The van der Waals surface area contributed by atoms with Crippen LogP contribution in [0.3, 0.4) is 0 Å². The van der Waals surface area contributed by atoms with Crippen LogP contribution in [-0.4, -0.2) is 32.9 Å². The average Bonchev–Trinajstić information content (AvgIpc) is 2.68. The highest BCUT2D eigenvalue weighted by Gasteiger charge is 2.15. The van der Waals surface area contributed by atoms with E-state index in [-0.39, 0.29) is 11.6 Å². The maximum Gasteiger partial charge on any atom is 0.364 e. The summed E-state index contributed by atoms with van der Waals surface area (Å²) in [6.07, 6.45) is 0. The molecular weight excluding hydrogens is 206 g/mol. The van der Waals surface area contributed by atoms with Gasteiger partial charge in [-0.2, -0.15) is 14.7 Å². The van der Waals surface area contributed by atoms with Gasteiger partial charge in [0.25, 0.3) is 0 Å². The first-order chi connectivity index (χ1) is 7.63. The molecule has 16 heavy (non-hydrogen) atoms. The Morgan fingerprint density at radius 1 is 1.44 bits per heavy atom. The van der Waals surface area contributed by atoms with Crippen LogP contribution in [0.2, 0.25) is 0 Å². The molecule has 2 aromatic heterocycles. The van der Waals surface area contributed by atoms with E-state index in [9.17, 15) is 4.79 Å². The van der Waals surface area contributed by atoms with Gasteiger partial charge in [0.1, 0.15) is 0 Å². The number of nitrogens with one attached hydrogen (secondary N) is 2. The van der Waals surface area contributed by atoms with Gasteiger partial charge < -0.3 is 5.32 Å². The molecule has 86 valence electrons. The lowest BCUT2D eigenvalue weighted by molar-refractivity contribution is 0.508. The summed E-state index contributed by atoms with van der Waals surface area (Å²) in [4.78, 5) is 11.4. The summed E-state index contributed by atoms with van der Waals surface area (Å²) < 4.78 is 1.29. The molecule has 0 fully saturated rings. The maximum absolute atomic E-state index is 11.4. The fourth-order valence-corrected chi connectivity index (χ4v) is 1.57. The molecular formula is C10H15N5O. The molecule has 2 rings (SSSR count). The van der Waals surface area contributed by atoms with E-state index in [4.69, 9.17) is 0 Å². The molecule has 0 radical (unpaired) electrons. The summed E-state index contributed by atoms with van der Waals surface area (Å²) in [6.45, 7) is 4.15. The highest BCUT2D eigenvalue weighted by molar-refractivity contribution is 5.35. The average molecular weight is 221 g/mol. The number of hydrogen-bond donors (Lipinski definition) is 2. The summed E-state index contributed by atoms with van der Waals surface area (Å²) in [6, 6.07) is 3.99. The summed E-state index contributed by atoms with van der Waals surface area (Å²) in [5.74, 6) is 0.233. The Labute approximate surface area is 92.7 Å². The van der Waals surface area contributed by atoms with E-state index in [0.717, 1.165) is 5.69 Å². The number of H-pyrrole nitrogens is 1. The Balaban J connectivity index is 2.46. The molecule has 2 N–H and O–H groups in total. The first-order valence-electron chi connectivity index (χ1n) is 5.25. The second-order valence-electron chi connectivity index (χ2n) is 3.92. The Hall–Kier alpha value is -1.69. The van der Waals surface area contributed by atoms with Crippen molar-refractivity contribution in [3.05, 3.63) is 28.3 Å². The van der Waals surface area contributed by atoms with Crippen LogP contribution in [0.25, 0.3) is 5.65 Å². The van der Waals surface area contributed by atoms with Gasteiger partial charge in [-0.3, -0.25) is 0 Å². The Bertz CT molecular complexity index is 543. The van der Waals surface area contributed by atoms with E-state index in [0.29, 0.717) is 11.7 Å². The number of fused-ring (bicyclic) bond motifs is 1. The summed E-state index contributed by atoms with van der Waals surface area (Å²) >= 11 is 0. The number of hydrogen-bond acceptors (Lipinski definition) is 4. The minimum atomic E-state index is -0.304. The zero-order valence-electron chi connectivity index (χ0n) is 9.56. The lowest BCUT2D eigenvalue weighted by atomic mass is 10.00. The number of aromatic nitrogens is 4. The first kappa shape index (κ1) is 10.8. The fraction of sp³-hybridized carbons (Fsp3) is 0.500. The molecule has 2 heterocycles. The largest absolute Gasteiger partial charge is 0.364 e. The smallest absolute Gasteiger partial charge is 0.317 e. The quantitative estimate of drug-likeness (QED) is 0.772. The normalized spacial score (nSPS) is 15.2. The van der Waals surface area contributed by atoms with Gasteiger partial charge in [0.15, 0.2) is 5.65 Å². The van der Waals surface area contributed by atoms with Crippen molar-refractivity contribution in [3.63, 3.8) is 0 Å². The van der Waals surface area contributed by atoms with Gasteiger partial charge in [-0.05, 0) is 26.1 Å². The Morgan fingerprint density at radius 2 is 2.19 bits per heavy atom. The van der Waals surface area contributed by atoms with Crippen molar-refractivity contribution in [3.8, 4) is 0 Å². The van der Waals surface area contributed by atoms with Crippen LogP contribution in [-0.2, 0) is 0 Å². The second-order valence-corrected chi connectivity index (χ2v) is 3.92. The Morgan fingerprint density at radius 3 is 2.88 bits per heavy atom. The molecule has 6 heteroatoms. The highest BCUT2D eigenvalue weighted by Crippen LogP contribution is 2.15. The third-order valence-electron chi connectivity index (χ3n) is 2.97. The van der Waals surface area contributed by atoms with E-state index >= 15 is 0 Å². The molecule has 0 aromatic carbocycles. The zero-order valence-corrected chi connectivity index (χ0v) is 9.56. The molecule has 0 aliphatic heterocycles. The lowest BCUT2D eigenvalue weighted by Crippen LogP contribution is -2.28. The van der Waals surface area contributed by atoms with Gasteiger partial charge in [0.05, 0.1) is 5.69 Å². The molecule has 2 atom stereocenters. The van der Waals surface area contributed by atoms with Gasteiger partial charge in [0.2, 0.25) is 0 Å². The molecule has 0 bridgehead atoms. The van der Waals surface area contributed by atoms with Gasteiger partial charge >= 0.3 is 5.69 Å². The maximum atomic E-state index is 11.4. The van der Waals surface area contributed by atoms with Crippen molar-refractivity contribution < 1.29 is 0 Å². The van der Waals surface area contributed by atoms with E-state index in [2.05, 4.69) is 34.5 Å². The summed E-state index contributed by atoms with van der Waals surface area (Å²) in [5.41, 5.74) is 1.11. The lowest BCUT2D eigenvalue weighted by Gasteiger charge is -2.18. The summed E-state index contributed by atoms with van der Waals surface area (Å²) in [7, 11) is 1.91. The number of rotatable bonds is 3. The predicted octanol–water partition coefficient (Wildman–Crippen LogP) is 0.129. The number of aromatic amines is 1. The zero-order chi connectivity index (χ0) is 11.7. The molecule has 2 aromatic rings. The first-order valence-corrected chi connectivity index (χ1v) is 5.25. The van der Waals surface area contributed by atoms with Gasteiger partial charge in [-0.15, -0.1) is 0 Å². The third-order valence-corrected chi connectivity index (χ3v) is 2.97. The number of likely N-dealkylation sites (N-methyl/N-ethyl adjacent to an activating group) is 1. The molecule has 0 aliphatic rings. The van der Waals surface area contributed by atoms with Crippen LogP contribution in [0, 0.1) is 0 Å². The molecule has 2 unspecified atom stereocenters. The van der Waals surface area contributed by atoms with Crippen LogP contribution in [0.15, 0.2) is 16.9 Å². The molecule has 6 nitrogen and oxygen atoms in total. The molecule has 0 saturated heterocycles. The molecule has 0 saturated carbocycles. The van der Waals surface area contributed by atoms with Crippen molar-refractivity contribution in [1.29, 1.82) is 0 Å². The van der Waals surface area contributed by atoms with Crippen molar-refractivity contribution in [2.45, 2.75) is 25.8 Å². The monoisotopic (exact) mass is 221 g/mol. The van der Waals surface area contributed by atoms with Crippen LogP contribution >= 0.6 is 0 Å². The van der Waals surface area contributed by atoms with Crippen LogP contribution in [0.1, 0.15) is 25.5 Å². The van der Waals surface area contributed by atoms with Gasteiger partial charge in [-0.1, -0.05) is 6.92 Å². The van der Waals surface area contributed by atoms with Crippen LogP contribution in [0.4, 0.5) is 0 Å². The number of nitrogens with zero attached hydrogens (tertiary/aromatic N) is 3. The highest BCUT2D eigenvalue weighted by atomic mass is 16.2. The van der Waals surface area contributed by atoms with E-state index < -0.39 is 0 Å². The topological polar surface area (TPSA) is 75.1 Å². The van der Waals surface area contributed by atoms with Gasteiger partial charge in [0, 0.05) is 12.0 Å². The van der Waals surface area contributed by atoms with Crippen LogP contribution < -0.4 is 11.0 Å². The third kappa shape index (κ3) is 1.71. The second kappa shape index (κ2) is 4.05. The van der Waals surface area contributed by atoms with E-state index in [1.165, 1.54) is 4.52 Å². The molecule has 0 aliphatic carbocycles. The standard InChI is InChI=1S/C10H15N5O/c1-6(7(2)11-3)8-4-5-9-12-13-10(16)15(9)14-8/h4-7,11H,1-3H3,(H,13,16). The molecule has 0 spiro atoms. The van der Waals surface area contributed by atoms with Crippen molar-refractivity contribution in [2.24, 2.45) is 0 Å². The van der Waals surface area contributed by atoms with Crippen molar-refractivity contribution >= 4 is 5.65 Å². The predicted molar refractivity (Wildman–Crippen MR) is 60.5 cm³/mol. The minimum absolute atomic E-state index is 0.233. The Kier molecular flexibility index (Phi) is 2.74.